The fourth-order valence-corrected chi connectivity index (χ4v) is 3.55. The molecule has 0 saturated heterocycles. The van der Waals surface area contributed by atoms with E-state index in [4.69, 9.17) is 4.74 Å². The molecular weight excluding hydrogens is 357 g/mol. The number of halogens is 1. The highest BCUT2D eigenvalue weighted by atomic mass is 32.2. The summed E-state index contributed by atoms with van der Waals surface area (Å²) in [6, 6.07) is 10.3. The average molecular weight is 375 g/mol. The minimum Gasteiger partial charge on any atom is -0.486 e. The third kappa shape index (κ3) is 4.02. The molecule has 1 N–H and O–H groups in total. The van der Waals surface area contributed by atoms with Gasteiger partial charge in [0.25, 0.3) is 10.0 Å². The van der Waals surface area contributed by atoms with Gasteiger partial charge in [-0.05, 0) is 48.9 Å². The lowest BCUT2D eigenvalue weighted by atomic mass is 10.2. The molecule has 6 nitrogen and oxygen atoms in total. The highest BCUT2D eigenvalue weighted by molar-refractivity contribution is 7.92. The van der Waals surface area contributed by atoms with Crippen molar-refractivity contribution in [2.24, 2.45) is 7.05 Å². The van der Waals surface area contributed by atoms with E-state index in [1.54, 1.807) is 37.4 Å². The lowest BCUT2D eigenvalue weighted by molar-refractivity contribution is 0.292. The predicted molar refractivity (Wildman–Crippen MR) is 95.9 cm³/mol. The van der Waals surface area contributed by atoms with E-state index in [1.807, 2.05) is 17.8 Å². The standard InChI is InChI=1S/C18H18FN3O3S/c1-13-3-8-16(19)17(11-13)26(23,24)21-14-4-6-15(7-5-14)25-12-18-20-9-10-22(18)2/h3-11,21H,12H2,1-2H3. The van der Waals surface area contributed by atoms with Crippen LogP contribution in [-0.2, 0) is 23.7 Å². The molecule has 3 aromatic rings. The van der Waals surface area contributed by atoms with Gasteiger partial charge in [-0.15, -0.1) is 0 Å². The zero-order valence-electron chi connectivity index (χ0n) is 14.3. The second-order valence-electron chi connectivity index (χ2n) is 5.81. The van der Waals surface area contributed by atoms with Crippen molar-refractivity contribution in [3.63, 3.8) is 0 Å². The second kappa shape index (κ2) is 7.17. The van der Waals surface area contributed by atoms with Crippen molar-refractivity contribution in [1.82, 2.24) is 9.55 Å². The van der Waals surface area contributed by atoms with E-state index in [0.29, 0.717) is 23.6 Å². The molecule has 0 radical (unpaired) electrons. The summed E-state index contributed by atoms with van der Waals surface area (Å²) in [6.45, 7) is 2.00. The number of hydrogen-bond donors (Lipinski definition) is 1. The van der Waals surface area contributed by atoms with Crippen LogP contribution in [0.4, 0.5) is 10.1 Å². The maximum atomic E-state index is 13.9. The summed E-state index contributed by atoms with van der Waals surface area (Å²) in [6.07, 6.45) is 3.50. The highest BCUT2D eigenvalue weighted by Crippen LogP contribution is 2.22. The van der Waals surface area contributed by atoms with Crippen LogP contribution in [0.15, 0.2) is 59.8 Å². The summed E-state index contributed by atoms with van der Waals surface area (Å²) in [7, 11) is -2.14. The summed E-state index contributed by atoms with van der Waals surface area (Å²) in [4.78, 5) is 3.77. The first-order valence-electron chi connectivity index (χ1n) is 7.83. The number of aryl methyl sites for hydroxylation is 2. The SMILES string of the molecule is Cc1ccc(F)c(S(=O)(=O)Nc2ccc(OCc3nccn3C)cc2)c1. The molecule has 0 spiro atoms. The lowest BCUT2D eigenvalue weighted by Crippen LogP contribution is -2.14. The Balaban J connectivity index is 1.70. The lowest BCUT2D eigenvalue weighted by Gasteiger charge is -2.11. The topological polar surface area (TPSA) is 73.2 Å². The summed E-state index contributed by atoms with van der Waals surface area (Å²) in [5, 5.41) is 0. The number of sulfonamides is 1. The van der Waals surface area contributed by atoms with Crippen molar-refractivity contribution < 1.29 is 17.5 Å². The van der Waals surface area contributed by atoms with Crippen LogP contribution in [0.25, 0.3) is 0 Å². The highest BCUT2D eigenvalue weighted by Gasteiger charge is 2.19. The second-order valence-corrected chi connectivity index (χ2v) is 7.46. The van der Waals surface area contributed by atoms with Crippen molar-refractivity contribution >= 4 is 15.7 Å². The Hall–Kier alpha value is -2.87. The molecule has 136 valence electrons. The van der Waals surface area contributed by atoms with Crippen molar-refractivity contribution in [3.05, 3.63) is 72.1 Å². The molecule has 2 aromatic carbocycles. The van der Waals surface area contributed by atoms with E-state index < -0.39 is 15.8 Å². The molecule has 0 aliphatic heterocycles. The molecule has 0 aliphatic rings. The van der Waals surface area contributed by atoms with Crippen LogP contribution in [0.1, 0.15) is 11.4 Å². The molecule has 0 unspecified atom stereocenters. The molecule has 26 heavy (non-hydrogen) atoms. The third-order valence-electron chi connectivity index (χ3n) is 3.77. The summed E-state index contributed by atoms with van der Waals surface area (Å²) in [5.74, 6) is 0.542. The quantitative estimate of drug-likeness (QED) is 0.718. The zero-order valence-corrected chi connectivity index (χ0v) is 15.1. The average Bonchev–Trinajstić information content (AvgIpc) is 3.01. The van der Waals surface area contributed by atoms with Gasteiger partial charge >= 0.3 is 0 Å². The maximum Gasteiger partial charge on any atom is 0.264 e. The molecule has 3 rings (SSSR count). The number of aromatic nitrogens is 2. The molecule has 0 amide bonds. The number of ether oxygens (including phenoxy) is 1. The number of anilines is 1. The maximum absolute atomic E-state index is 13.9. The number of nitrogens with one attached hydrogen (secondary N) is 1. The Labute approximate surface area is 151 Å². The Morgan fingerprint density at radius 2 is 1.92 bits per heavy atom. The summed E-state index contributed by atoms with van der Waals surface area (Å²) >= 11 is 0. The van der Waals surface area contributed by atoms with Crippen LogP contribution in [0.5, 0.6) is 5.75 Å². The van der Waals surface area contributed by atoms with E-state index in [0.717, 1.165) is 11.9 Å². The van der Waals surface area contributed by atoms with Gasteiger partial charge in [-0.3, -0.25) is 4.72 Å². The van der Waals surface area contributed by atoms with Gasteiger partial charge in [-0.25, -0.2) is 17.8 Å². The largest absolute Gasteiger partial charge is 0.486 e. The number of imidazole rings is 1. The number of benzene rings is 2. The van der Waals surface area contributed by atoms with E-state index in [1.165, 1.54) is 12.1 Å². The van der Waals surface area contributed by atoms with E-state index in [-0.39, 0.29) is 4.90 Å². The van der Waals surface area contributed by atoms with Crippen LogP contribution in [0.3, 0.4) is 0 Å². The van der Waals surface area contributed by atoms with Gasteiger partial charge in [0.1, 0.15) is 28.9 Å². The fraction of sp³-hybridized carbons (Fsp3) is 0.167. The van der Waals surface area contributed by atoms with Crippen LogP contribution in [0, 0.1) is 12.7 Å². The third-order valence-corrected chi connectivity index (χ3v) is 5.17. The molecule has 8 heteroatoms. The van der Waals surface area contributed by atoms with Gasteiger partial charge < -0.3 is 9.30 Å². The molecule has 1 aromatic heterocycles. The van der Waals surface area contributed by atoms with Gasteiger partial charge in [-0.1, -0.05) is 6.07 Å². The first-order chi connectivity index (χ1) is 12.3. The Morgan fingerprint density at radius 3 is 2.58 bits per heavy atom. The van der Waals surface area contributed by atoms with E-state index in [2.05, 4.69) is 9.71 Å². The molecule has 0 atom stereocenters. The van der Waals surface area contributed by atoms with Crippen LogP contribution >= 0.6 is 0 Å². The first-order valence-corrected chi connectivity index (χ1v) is 9.31. The molecule has 0 saturated carbocycles. The monoisotopic (exact) mass is 375 g/mol. The van der Waals surface area contributed by atoms with Crippen molar-refractivity contribution in [2.45, 2.75) is 18.4 Å². The number of rotatable bonds is 6. The van der Waals surface area contributed by atoms with Gasteiger partial charge in [0, 0.05) is 25.1 Å². The molecule has 0 aliphatic carbocycles. The van der Waals surface area contributed by atoms with Crippen LogP contribution < -0.4 is 9.46 Å². The Bertz CT molecular complexity index is 1010. The first kappa shape index (κ1) is 17.9. The van der Waals surface area contributed by atoms with Crippen molar-refractivity contribution in [1.29, 1.82) is 0 Å². The van der Waals surface area contributed by atoms with Gasteiger partial charge in [0.05, 0.1) is 0 Å². The summed E-state index contributed by atoms with van der Waals surface area (Å²) < 4.78 is 48.5. The molecule has 0 fully saturated rings. The fourth-order valence-electron chi connectivity index (χ4n) is 2.33. The zero-order chi connectivity index (χ0) is 18.7. The molecular formula is C18H18FN3O3S. The van der Waals surface area contributed by atoms with Gasteiger partial charge in [0.15, 0.2) is 0 Å². The summed E-state index contributed by atoms with van der Waals surface area (Å²) in [5.41, 5.74) is 0.972. The molecule has 1 heterocycles. The van der Waals surface area contributed by atoms with E-state index in [9.17, 15) is 12.8 Å². The number of hydrogen-bond acceptors (Lipinski definition) is 4. The minimum atomic E-state index is -4.01. The number of nitrogens with zero attached hydrogens (tertiary/aromatic N) is 2. The van der Waals surface area contributed by atoms with Crippen LogP contribution in [-0.4, -0.2) is 18.0 Å². The van der Waals surface area contributed by atoms with Crippen molar-refractivity contribution in [2.75, 3.05) is 4.72 Å². The van der Waals surface area contributed by atoms with Gasteiger partial charge in [0.2, 0.25) is 0 Å². The Kier molecular flexibility index (Phi) is 4.94. The van der Waals surface area contributed by atoms with Crippen molar-refractivity contribution in [3.8, 4) is 5.75 Å². The Morgan fingerprint density at radius 1 is 1.19 bits per heavy atom. The molecule has 0 bridgehead atoms. The van der Waals surface area contributed by atoms with E-state index >= 15 is 0 Å². The normalized spacial score (nSPS) is 11.3. The van der Waals surface area contributed by atoms with Crippen LogP contribution in [0.2, 0.25) is 0 Å². The predicted octanol–water partition coefficient (Wildman–Crippen LogP) is 3.25. The minimum absolute atomic E-state index is 0.295. The van der Waals surface area contributed by atoms with Gasteiger partial charge in [-0.2, -0.15) is 0 Å². The smallest absolute Gasteiger partial charge is 0.264 e.